The van der Waals surface area contributed by atoms with Gasteiger partial charge in [-0.3, -0.25) is 9.69 Å². The van der Waals surface area contributed by atoms with Gasteiger partial charge in [0, 0.05) is 38.5 Å². The number of amides is 1. The third-order valence-corrected chi connectivity index (χ3v) is 6.81. The lowest BCUT2D eigenvalue weighted by Crippen LogP contribution is -2.50. The summed E-state index contributed by atoms with van der Waals surface area (Å²) in [5, 5.41) is 7.12. The molecular formula is C26H33F3N2O5. The van der Waals surface area contributed by atoms with Crippen molar-refractivity contribution >= 4 is 11.9 Å². The van der Waals surface area contributed by atoms with E-state index in [4.69, 9.17) is 19.1 Å². The number of alkyl halides is 3. The van der Waals surface area contributed by atoms with Gasteiger partial charge in [-0.1, -0.05) is 18.2 Å². The van der Waals surface area contributed by atoms with E-state index in [1.807, 2.05) is 23.1 Å². The molecule has 1 aromatic carbocycles. The monoisotopic (exact) mass is 510 g/mol. The molecule has 2 aromatic rings. The van der Waals surface area contributed by atoms with Gasteiger partial charge in [0.25, 0.3) is 0 Å². The highest BCUT2D eigenvalue weighted by molar-refractivity contribution is 5.77. The molecule has 1 unspecified atom stereocenters. The summed E-state index contributed by atoms with van der Waals surface area (Å²) in [6.45, 7) is 8.47. The number of ether oxygens (including phenoxy) is 1. The van der Waals surface area contributed by atoms with Gasteiger partial charge in [-0.2, -0.15) is 13.2 Å². The van der Waals surface area contributed by atoms with Crippen molar-refractivity contribution in [1.82, 2.24) is 9.80 Å². The normalized spacial score (nSPS) is 19.0. The first-order valence-electron chi connectivity index (χ1n) is 12.2. The number of para-hydroxylation sites is 1. The van der Waals surface area contributed by atoms with Crippen LogP contribution >= 0.6 is 0 Å². The number of carboxylic acids is 1. The van der Waals surface area contributed by atoms with Crippen LogP contribution in [0.1, 0.15) is 56.8 Å². The zero-order valence-corrected chi connectivity index (χ0v) is 20.6. The molecule has 1 fully saturated rings. The predicted octanol–water partition coefficient (Wildman–Crippen LogP) is 5.07. The molecule has 1 amide bonds. The highest BCUT2D eigenvalue weighted by Gasteiger charge is 2.44. The fraction of sp³-hybridized carbons (Fsp3) is 0.538. The van der Waals surface area contributed by atoms with Crippen LogP contribution in [0.5, 0.6) is 5.75 Å². The van der Waals surface area contributed by atoms with Crippen LogP contribution in [0.15, 0.2) is 47.1 Å². The average molecular weight is 511 g/mol. The maximum absolute atomic E-state index is 12.9. The number of hydrogen-bond acceptors (Lipinski definition) is 5. The Bertz CT molecular complexity index is 997. The van der Waals surface area contributed by atoms with Crippen molar-refractivity contribution in [2.75, 3.05) is 26.2 Å². The van der Waals surface area contributed by atoms with Crippen molar-refractivity contribution in [2.45, 2.75) is 63.8 Å². The van der Waals surface area contributed by atoms with Crippen molar-refractivity contribution in [3.8, 4) is 5.75 Å². The third-order valence-electron chi connectivity index (χ3n) is 6.81. The van der Waals surface area contributed by atoms with E-state index in [9.17, 15) is 18.0 Å². The van der Waals surface area contributed by atoms with Crippen LogP contribution in [-0.4, -0.2) is 64.7 Å². The summed E-state index contributed by atoms with van der Waals surface area (Å²) in [6, 6.07) is 12.3. The Morgan fingerprint density at radius 3 is 2.31 bits per heavy atom. The molecule has 0 radical (unpaired) electrons. The maximum atomic E-state index is 12.9. The number of carbonyl (C=O) groups is 2. The van der Waals surface area contributed by atoms with Crippen LogP contribution in [0.25, 0.3) is 0 Å². The number of aliphatic carboxylic acids is 1. The second-order valence-electron chi connectivity index (χ2n) is 9.15. The summed E-state index contributed by atoms with van der Waals surface area (Å²) < 4.78 is 43.8. The Morgan fingerprint density at radius 2 is 1.75 bits per heavy atom. The van der Waals surface area contributed by atoms with Crippen LogP contribution in [0.2, 0.25) is 0 Å². The molecule has 1 N–H and O–H groups in total. The van der Waals surface area contributed by atoms with Crippen LogP contribution < -0.4 is 4.74 Å². The van der Waals surface area contributed by atoms with E-state index < -0.39 is 12.1 Å². The van der Waals surface area contributed by atoms with Crippen molar-refractivity contribution in [3.63, 3.8) is 0 Å². The van der Waals surface area contributed by atoms with E-state index >= 15 is 0 Å². The van der Waals surface area contributed by atoms with Gasteiger partial charge in [-0.15, -0.1) is 0 Å². The highest BCUT2D eigenvalue weighted by atomic mass is 19.4. The Kier molecular flexibility index (Phi) is 9.05. The highest BCUT2D eigenvalue weighted by Crippen LogP contribution is 2.46. The topological polar surface area (TPSA) is 83.2 Å². The quantitative estimate of drug-likeness (QED) is 0.584. The number of benzene rings is 1. The van der Waals surface area contributed by atoms with Gasteiger partial charge in [0.05, 0.1) is 12.8 Å². The minimum atomic E-state index is -5.08. The summed E-state index contributed by atoms with van der Waals surface area (Å²) >= 11 is 0. The van der Waals surface area contributed by atoms with Gasteiger partial charge in [-0.25, -0.2) is 4.79 Å². The molecule has 36 heavy (non-hydrogen) atoms. The van der Waals surface area contributed by atoms with E-state index in [2.05, 4.69) is 36.9 Å². The Labute approximate surface area is 208 Å². The number of likely N-dealkylation sites (tertiary alicyclic amines) is 1. The summed E-state index contributed by atoms with van der Waals surface area (Å²) in [5.41, 5.74) is 1.03. The van der Waals surface area contributed by atoms with Gasteiger partial charge >= 0.3 is 12.1 Å². The molecule has 4 rings (SSSR count). The van der Waals surface area contributed by atoms with E-state index in [0.29, 0.717) is 6.42 Å². The molecule has 0 aliphatic carbocycles. The standard InChI is InChI=1S/C24H32N2O3.C2HF3O2/c1-3-26(4-2)23(27)16-19-17-24(29-22-10-6-5-9-21(19)22)11-13-25(14-12-24)18-20-8-7-15-28-20;3-2(4,5)1(6)7/h5-10,15,19H,3-4,11-14,16-18H2,1-2H3;(H,6,7). The smallest absolute Gasteiger partial charge is 0.487 e. The molecule has 1 aromatic heterocycles. The molecule has 0 bridgehead atoms. The Morgan fingerprint density at radius 1 is 1.11 bits per heavy atom. The number of carbonyl (C=O) groups excluding carboxylic acids is 1. The zero-order chi connectivity index (χ0) is 26.3. The number of carboxylic acid groups (broad SMARTS) is 1. The summed E-state index contributed by atoms with van der Waals surface area (Å²) in [5.74, 6) is -0.298. The molecule has 2 aliphatic rings. The van der Waals surface area contributed by atoms with Crippen LogP contribution in [0, 0.1) is 0 Å². The second-order valence-corrected chi connectivity index (χ2v) is 9.15. The van der Waals surface area contributed by atoms with Gasteiger partial charge in [0.1, 0.15) is 17.1 Å². The third kappa shape index (κ3) is 7.02. The van der Waals surface area contributed by atoms with Gasteiger partial charge < -0.3 is 19.2 Å². The molecule has 7 nitrogen and oxygen atoms in total. The van der Waals surface area contributed by atoms with E-state index in [1.165, 1.54) is 5.56 Å². The lowest BCUT2D eigenvalue weighted by molar-refractivity contribution is -0.192. The van der Waals surface area contributed by atoms with Crippen LogP contribution in [0.4, 0.5) is 13.2 Å². The number of hydrogen-bond donors (Lipinski definition) is 1. The SMILES string of the molecule is CCN(CC)C(=O)CC1CC2(CCN(Cc3ccco3)CC2)Oc2ccccc21.O=C(O)C(F)(F)F. The summed E-state index contributed by atoms with van der Waals surface area (Å²) in [7, 11) is 0. The van der Waals surface area contributed by atoms with E-state index in [0.717, 1.165) is 63.5 Å². The van der Waals surface area contributed by atoms with E-state index in [1.54, 1.807) is 6.26 Å². The van der Waals surface area contributed by atoms with Crippen LogP contribution in [0.3, 0.4) is 0 Å². The Hall–Kier alpha value is -3.01. The predicted molar refractivity (Wildman–Crippen MR) is 127 cm³/mol. The molecule has 0 saturated carbocycles. The van der Waals surface area contributed by atoms with Crippen molar-refractivity contribution < 1.29 is 37.0 Å². The largest absolute Gasteiger partial charge is 0.490 e. The first kappa shape index (κ1) is 27.6. The van der Waals surface area contributed by atoms with E-state index in [-0.39, 0.29) is 17.4 Å². The average Bonchev–Trinajstić information content (AvgIpc) is 3.34. The number of fused-ring (bicyclic) bond motifs is 1. The molecule has 198 valence electrons. The maximum Gasteiger partial charge on any atom is 0.490 e. The van der Waals surface area contributed by atoms with Crippen LogP contribution in [-0.2, 0) is 16.1 Å². The number of rotatable bonds is 6. The Balaban J connectivity index is 0.000000454. The summed E-state index contributed by atoms with van der Waals surface area (Å²) in [6.07, 6.45) is 0.112. The second kappa shape index (κ2) is 11.8. The molecule has 2 aliphatic heterocycles. The number of halogens is 3. The molecule has 10 heteroatoms. The number of furan rings is 1. The minimum Gasteiger partial charge on any atom is -0.487 e. The molecule has 3 heterocycles. The first-order valence-corrected chi connectivity index (χ1v) is 12.2. The fourth-order valence-corrected chi connectivity index (χ4v) is 4.89. The molecule has 1 atom stereocenters. The first-order chi connectivity index (χ1) is 17.1. The lowest BCUT2D eigenvalue weighted by Gasteiger charge is -2.47. The molecule has 1 spiro atoms. The molecule has 1 saturated heterocycles. The zero-order valence-electron chi connectivity index (χ0n) is 20.6. The van der Waals surface area contributed by atoms with Gasteiger partial charge in [0.2, 0.25) is 5.91 Å². The minimum absolute atomic E-state index is 0.164. The summed E-state index contributed by atoms with van der Waals surface area (Å²) in [4.78, 5) is 26.1. The number of nitrogens with zero attached hydrogens (tertiary/aromatic N) is 2. The lowest BCUT2D eigenvalue weighted by atomic mass is 9.76. The van der Waals surface area contributed by atoms with Crippen molar-refractivity contribution in [2.24, 2.45) is 0 Å². The van der Waals surface area contributed by atoms with Crippen molar-refractivity contribution in [3.05, 3.63) is 54.0 Å². The molecular weight excluding hydrogens is 477 g/mol. The number of piperidine rings is 1. The van der Waals surface area contributed by atoms with Crippen molar-refractivity contribution in [1.29, 1.82) is 0 Å². The fourth-order valence-electron chi connectivity index (χ4n) is 4.89. The van der Waals surface area contributed by atoms with Gasteiger partial charge in [0.15, 0.2) is 0 Å². The van der Waals surface area contributed by atoms with Gasteiger partial charge in [-0.05, 0) is 56.9 Å².